The number of nitrogens with one attached hydrogen (secondary N) is 1. The van der Waals surface area contributed by atoms with Gasteiger partial charge in [-0.1, -0.05) is 26.5 Å². The molecule has 0 aromatic carbocycles. The van der Waals surface area contributed by atoms with Crippen LogP contribution in [0.3, 0.4) is 0 Å². The van der Waals surface area contributed by atoms with Crippen LogP contribution in [0.1, 0.15) is 20.3 Å². The number of nitrogens with zero attached hydrogens (tertiary/aromatic N) is 1. The van der Waals surface area contributed by atoms with Crippen molar-refractivity contribution in [3.8, 4) is 0 Å². The fourth-order valence-corrected chi connectivity index (χ4v) is 1.78. The molecule has 1 atom stereocenters. The van der Waals surface area contributed by atoms with Crippen molar-refractivity contribution in [1.82, 2.24) is 10.2 Å². The van der Waals surface area contributed by atoms with Gasteiger partial charge in [-0.05, 0) is 18.9 Å². The van der Waals surface area contributed by atoms with E-state index in [1.54, 1.807) is 11.0 Å². The van der Waals surface area contributed by atoms with Gasteiger partial charge in [0.2, 0.25) is 0 Å². The van der Waals surface area contributed by atoms with E-state index in [2.05, 4.69) is 25.7 Å². The summed E-state index contributed by atoms with van der Waals surface area (Å²) in [5, 5.41) is 3.45. The lowest BCUT2D eigenvalue weighted by atomic mass is 10.0. The molecule has 1 heterocycles. The third kappa shape index (κ3) is 3.85. The molecule has 0 spiro atoms. The Morgan fingerprint density at radius 3 is 3.06 bits per heavy atom. The number of carbonyl (C=O) groups excluding carboxylic acids is 1. The second-order valence-electron chi connectivity index (χ2n) is 4.47. The van der Waals surface area contributed by atoms with E-state index in [1.165, 1.54) is 0 Å². The van der Waals surface area contributed by atoms with Gasteiger partial charge in [0.1, 0.15) is 6.61 Å². The van der Waals surface area contributed by atoms with E-state index in [0.717, 1.165) is 26.1 Å². The molecular weight excluding hydrogens is 204 g/mol. The summed E-state index contributed by atoms with van der Waals surface area (Å²) in [6, 6.07) is 0.360. The quantitative estimate of drug-likeness (QED) is 0.744. The van der Waals surface area contributed by atoms with Gasteiger partial charge in [-0.25, -0.2) is 4.79 Å². The molecule has 1 amide bonds. The Balaban J connectivity index is 2.50. The topological polar surface area (TPSA) is 41.6 Å². The molecule has 1 rings (SSSR count). The molecule has 4 nitrogen and oxygen atoms in total. The number of ether oxygens (including phenoxy) is 1. The van der Waals surface area contributed by atoms with Crippen molar-refractivity contribution in [3.63, 3.8) is 0 Å². The van der Waals surface area contributed by atoms with Crippen LogP contribution >= 0.6 is 0 Å². The first-order valence-electron chi connectivity index (χ1n) is 5.91. The van der Waals surface area contributed by atoms with Crippen LogP contribution < -0.4 is 5.32 Å². The fourth-order valence-electron chi connectivity index (χ4n) is 1.78. The number of carbonyl (C=O) groups is 1. The summed E-state index contributed by atoms with van der Waals surface area (Å²) in [6.45, 7) is 10.6. The highest BCUT2D eigenvalue weighted by Crippen LogP contribution is 2.09. The molecule has 1 unspecified atom stereocenters. The van der Waals surface area contributed by atoms with Crippen LogP contribution in [0.5, 0.6) is 0 Å². The minimum atomic E-state index is -0.228. The molecular formula is C12H22N2O2. The molecule has 92 valence electrons. The largest absolute Gasteiger partial charge is 0.445 e. The van der Waals surface area contributed by atoms with E-state index >= 15 is 0 Å². The number of rotatable bonds is 3. The zero-order valence-electron chi connectivity index (χ0n) is 10.2. The van der Waals surface area contributed by atoms with Crippen molar-refractivity contribution >= 4 is 6.09 Å². The third-order valence-corrected chi connectivity index (χ3v) is 2.82. The Bertz CT molecular complexity index is 241. The van der Waals surface area contributed by atoms with Crippen molar-refractivity contribution in [2.45, 2.75) is 26.3 Å². The summed E-state index contributed by atoms with van der Waals surface area (Å²) in [5.41, 5.74) is 0. The van der Waals surface area contributed by atoms with Crippen LogP contribution in [0, 0.1) is 5.92 Å². The van der Waals surface area contributed by atoms with Crippen LogP contribution in [-0.2, 0) is 4.74 Å². The molecule has 0 saturated carbocycles. The molecule has 0 aromatic heterocycles. The molecule has 0 bridgehead atoms. The van der Waals surface area contributed by atoms with Gasteiger partial charge in [-0.15, -0.1) is 0 Å². The fraction of sp³-hybridized carbons (Fsp3) is 0.750. The van der Waals surface area contributed by atoms with Crippen molar-refractivity contribution in [3.05, 3.63) is 12.7 Å². The van der Waals surface area contributed by atoms with Crippen LogP contribution in [0.15, 0.2) is 12.7 Å². The molecule has 4 heteroatoms. The summed E-state index contributed by atoms with van der Waals surface area (Å²) in [4.78, 5) is 13.5. The zero-order chi connectivity index (χ0) is 12.0. The van der Waals surface area contributed by atoms with E-state index in [-0.39, 0.29) is 12.7 Å². The van der Waals surface area contributed by atoms with Crippen molar-refractivity contribution in [2.24, 2.45) is 5.92 Å². The lowest BCUT2D eigenvalue weighted by molar-refractivity contribution is 0.109. The van der Waals surface area contributed by atoms with Gasteiger partial charge in [-0.3, -0.25) is 0 Å². The Hall–Kier alpha value is -1.03. The van der Waals surface area contributed by atoms with E-state index in [4.69, 9.17) is 4.74 Å². The minimum absolute atomic E-state index is 0.228. The molecule has 16 heavy (non-hydrogen) atoms. The Kier molecular flexibility index (Phi) is 5.32. The highest BCUT2D eigenvalue weighted by Gasteiger charge is 2.24. The Morgan fingerprint density at radius 1 is 1.69 bits per heavy atom. The van der Waals surface area contributed by atoms with Crippen LogP contribution in [0.25, 0.3) is 0 Å². The molecule has 0 aliphatic carbocycles. The summed E-state index contributed by atoms with van der Waals surface area (Å²) in [7, 11) is 0. The molecule has 1 saturated heterocycles. The first-order chi connectivity index (χ1) is 7.65. The van der Waals surface area contributed by atoms with Crippen molar-refractivity contribution in [1.29, 1.82) is 0 Å². The maximum Gasteiger partial charge on any atom is 0.410 e. The lowest BCUT2D eigenvalue weighted by Crippen LogP contribution is -2.43. The number of hydrogen-bond donors (Lipinski definition) is 1. The minimum Gasteiger partial charge on any atom is -0.445 e. The van der Waals surface area contributed by atoms with Gasteiger partial charge in [0, 0.05) is 19.1 Å². The lowest BCUT2D eigenvalue weighted by Gasteiger charge is -2.26. The van der Waals surface area contributed by atoms with Crippen molar-refractivity contribution in [2.75, 3.05) is 26.2 Å². The van der Waals surface area contributed by atoms with Gasteiger partial charge in [0.15, 0.2) is 0 Å². The number of amides is 1. The first-order valence-corrected chi connectivity index (χ1v) is 5.91. The highest BCUT2D eigenvalue weighted by atomic mass is 16.6. The SMILES string of the molecule is C=CCOC(=O)N1CCCNC(C(C)C)C1. The molecule has 0 radical (unpaired) electrons. The Labute approximate surface area is 97.6 Å². The second-order valence-corrected chi connectivity index (χ2v) is 4.47. The van der Waals surface area contributed by atoms with E-state index in [0.29, 0.717) is 12.0 Å². The maximum atomic E-state index is 11.7. The van der Waals surface area contributed by atoms with E-state index in [1.807, 2.05) is 0 Å². The van der Waals surface area contributed by atoms with E-state index in [9.17, 15) is 4.79 Å². The summed E-state index contributed by atoms with van der Waals surface area (Å²) in [6.07, 6.45) is 2.34. The average Bonchev–Trinajstić information content (AvgIpc) is 2.51. The van der Waals surface area contributed by atoms with Crippen LogP contribution in [-0.4, -0.2) is 43.3 Å². The van der Waals surface area contributed by atoms with Gasteiger partial charge in [0.25, 0.3) is 0 Å². The molecule has 1 aliphatic rings. The van der Waals surface area contributed by atoms with Gasteiger partial charge >= 0.3 is 6.09 Å². The summed E-state index contributed by atoms with van der Waals surface area (Å²) >= 11 is 0. The average molecular weight is 226 g/mol. The zero-order valence-corrected chi connectivity index (χ0v) is 10.2. The number of hydrogen-bond acceptors (Lipinski definition) is 3. The second kappa shape index (κ2) is 6.53. The van der Waals surface area contributed by atoms with Crippen LogP contribution in [0.2, 0.25) is 0 Å². The summed E-state index contributed by atoms with van der Waals surface area (Å²) in [5.74, 6) is 0.521. The van der Waals surface area contributed by atoms with Gasteiger partial charge in [-0.2, -0.15) is 0 Å². The first kappa shape index (κ1) is 13.0. The molecule has 1 N–H and O–H groups in total. The molecule has 1 aliphatic heterocycles. The van der Waals surface area contributed by atoms with Gasteiger partial charge < -0.3 is 15.0 Å². The molecule has 0 aromatic rings. The monoisotopic (exact) mass is 226 g/mol. The smallest absolute Gasteiger partial charge is 0.410 e. The van der Waals surface area contributed by atoms with Gasteiger partial charge in [0.05, 0.1) is 0 Å². The maximum absolute atomic E-state index is 11.7. The normalized spacial score (nSPS) is 21.7. The van der Waals surface area contributed by atoms with Crippen LogP contribution in [0.4, 0.5) is 4.79 Å². The predicted molar refractivity (Wildman–Crippen MR) is 64.4 cm³/mol. The van der Waals surface area contributed by atoms with Crippen molar-refractivity contribution < 1.29 is 9.53 Å². The highest BCUT2D eigenvalue weighted by molar-refractivity contribution is 5.67. The predicted octanol–water partition coefficient (Wildman–Crippen LogP) is 1.63. The Morgan fingerprint density at radius 2 is 2.44 bits per heavy atom. The summed E-state index contributed by atoms with van der Waals surface area (Å²) < 4.78 is 5.06. The molecule has 1 fully saturated rings. The van der Waals surface area contributed by atoms with E-state index < -0.39 is 0 Å². The third-order valence-electron chi connectivity index (χ3n) is 2.82. The standard InChI is InChI=1S/C12H22N2O2/c1-4-8-16-12(15)14-7-5-6-13-11(9-14)10(2)3/h4,10-11,13H,1,5-9H2,2-3H3.